The number of aryl methyl sites for hydroxylation is 1. The highest BCUT2D eigenvalue weighted by molar-refractivity contribution is 9.06. The van der Waals surface area contributed by atoms with E-state index < -0.39 is 6.09 Å². The van der Waals surface area contributed by atoms with Crippen molar-refractivity contribution in [2.24, 2.45) is 0 Å². The van der Waals surface area contributed by atoms with Crippen LogP contribution in [0.3, 0.4) is 0 Å². The zero-order chi connectivity index (χ0) is 8.97. The third kappa shape index (κ3) is 2.20. The summed E-state index contributed by atoms with van der Waals surface area (Å²) in [6.45, 7) is 1.87. The zero-order valence-electron chi connectivity index (χ0n) is 6.37. The van der Waals surface area contributed by atoms with Gasteiger partial charge in [-0.3, -0.25) is 10.3 Å². The van der Waals surface area contributed by atoms with Crippen LogP contribution in [0.15, 0.2) is 18.5 Å². The lowest BCUT2D eigenvalue weighted by Gasteiger charge is -2.03. The third-order valence-electron chi connectivity index (χ3n) is 1.35. The highest BCUT2D eigenvalue weighted by atomic mass is 79.9. The molecule has 4 nitrogen and oxygen atoms in total. The lowest BCUT2D eigenvalue weighted by Crippen LogP contribution is -2.09. The van der Waals surface area contributed by atoms with E-state index in [4.69, 9.17) is 0 Å². The summed E-state index contributed by atoms with van der Waals surface area (Å²) < 4.78 is 4.24. The Hall–Kier alpha value is -1.10. The standard InChI is InChI=1S/C7H7BrN2O2/c1-5-2-3-9-4-6(5)10-7(11)12-8/h2-4H,1H3,(H,10,11). The Balaban J connectivity index is 2.75. The van der Waals surface area contributed by atoms with Crippen LogP contribution in [-0.4, -0.2) is 11.1 Å². The van der Waals surface area contributed by atoms with Crippen molar-refractivity contribution in [2.45, 2.75) is 6.92 Å². The van der Waals surface area contributed by atoms with Crippen LogP contribution >= 0.6 is 16.3 Å². The predicted molar refractivity (Wildman–Crippen MR) is 48.0 cm³/mol. The highest BCUT2D eigenvalue weighted by Crippen LogP contribution is 2.11. The van der Waals surface area contributed by atoms with Crippen molar-refractivity contribution >= 4 is 28.0 Å². The van der Waals surface area contributed by atoms with Crippen LogP contribution in [0, 0.1) is 6.92 Å². The maximum Gasteiger partial charge on any atom is 0.423 e. The van der Waals surface area contributed by atoms with Crippen LogP contribution < -0.4 is 5.32 Å². The summed E-state index contributed by atoms with van der Waals surface area (Å²) in [5.41, 5.74) is 1.57. The number of pyridine rings is 1. The molecule has 0 aliphatic carbocycles. The Morgan fingerprint density at radius 3 is 3.08 bits per heavy atom. The zero-order valence-corrected chi connectivity index (χ0v) is 7.96. The second kappa shape index (κ2) is 4.06. The van der Waals surface area contributed by atoms with Gasteiger partial charge >= 0.3 is 6.09 Å². The van der Waals surface area contributed by atoms with E-state index >= 15 is 0 Å². The largest absolute Gasteiger partial charge is 0.423 e. The number of rotatable bonds is 1. The Bertz CT molecular complexity index is 290. The van der Waals surface area contributed by atoms with Crippen molar-refractivity contribution < 1.29 is 8.62 Å². The van der Waals surface area contributed by atoms with Crippen molar-refractivity contribution in [1.82, 2.24) is 4.98 Å². The predicted octanol–water partition coefficient (Wildman–Crippen LogP) is 2.25. The lowest BCUT2D eigenvalue weighted by molar-refractivity contribution is 0.225. The number of carbonyl (C=O) groups excluding carboxylic acids is 1. The fourth-order valence-corrected chi connectivity index (χ4v) is 0.805. The van der Waals surface area contributed by atoms with Gasteiger partial charge in [-0.15, -0.1) is 0 Å². The second-order valence-electron chi connectivity index (χ2n) is 2.18. The monoisotopic (exact) mass is 230 g/mol. The maximum absolute atomic E-state index is 10.7. The van der Waals surface area contributed by atoms with Crippen LogP contribution in [0.25, 0.3) is 0 Å². The van der Waals surface area contributed by atoms with Crippen LogP contribution in [0.2, 0.25) is 0 Å². The average Bonchev–Trinajstić information content (AvgIpc) is 2.09. The van der Waals surface area contributed by atoms with Gasteiger partial charge in [-0.2, -0.15) is 0 Å². The van der Waals surface area contributed by atoms with Gasteiger partial charge in [-0.05, 0) is 18.6 Å². The van der Waals surface area contributed by atoms with E-state index in [0.29, 0.717) is 5.69 Å². The minimum Gasteiger partial charge on any atom is -0.367 e. The molecule has 0 unspecified atom stereocenters. The molecule has 1 N–H and O–H groups in total. The van der Waals surface area contributed by atoms with Crippen molar-refractivity contribution in [1.29, 1.82) is 0 Å². The van der Waals surface area contributed by atoms with Gasteiger partial charge in [0.1, 0.15) is 0 Å². The first-order chi connectivity index (χ1) is 5.74. The number of nitrogens with one attached hydrogen (secondary N) is 1. The molecule has 1 aromatic heterocycles. The van der Waals surface area contributed by atoms with E-state index in [-0.39, 0.29) is 0 Å². The first kappa shape index (κ1) is 8.99. The fraction of sp³-hybridized carbons (Fsp3) is 0.143. The van der Waals surface area contributed by atoms with E-state index in [1.807, 2.05) is 6.92 Å². The molecule has 64 valence electrons. The van der Waals surface area contributed by atoms with Gasteiger partial charge in [-0.25, -0.2) is 4.79 Å². The van der Waals surface area contributed by atoms with Crippen LogP contribution in [0.4, 0.5) is 10.5 Å². The number of nitrogens with zero attached hydrogens (tertiary/aromatic N) is 1. The van der Waals surface area contributed by atoms with Crippen molar-refractivity contribution in [3.8, 4) is 0 Å². The Morgan fingerprint density at radius 1 is 1.75 bits per heavy atom. The van der Waals surface area contributed by atoms with Crippen LogP contribution in [0.5, 0.6) is 0 Å². The van der Waals surface area contributed by atoms with Gasteiger partial charge in [0.05, 0.1) is 11.9 Å². The maximum atomic E-state index is 10.7. The summed E-state index contributed by atoms with van der Waals surface area (Å²) >= 11 is 2.56. The quantitative estimate of drug-likeness (QED) is 0.806. The molecule has 0 radical (unpaired) electrons. The van der Waals surface area contributed by atoms with Gasteiger partial charge in [-0.1, -0.05) is 0 Å². The van der Waals surface area contributed by atoms with Gasteiger partial charge in [0.2, 0.25) is 0 Å². The molecule has 12 heavy (non-hydrogen) atoms. The number of carbonyl (C=O) groups is 1. The number of hydrogen-bond acceptors (Lipinski definition) is 3. The first-order valence-corrected chi connectivity index (χ1v) is 3.89. The molecule has 0 fully saturated rings. The molecule has 0 spiro atoms. The Kier molecular flexibility index (Phi) is 3.04. The van der Waals surface area contributed by atoms with Crippen LogP contribution in [0.1, 0.15) is 5.56 Å². The van der Waals surface area contributed by atoms with E-state index in [2.05, 4.69) is 30.4 Å². The normalized spacial score (nSPS) is 9.17. The van der Waals surface area contributed by atoms with Crippen molar-refractivity contribution in [3.63, 3.8) is 0 Å². The summed E-state index contributed by atoms with van der Waals surface area (Å²) in [6.07, 6.45) is 2.64. The summed E-state index contributed by atoms with van der Waals surface area (Å²) in [5.74, 6) is 0. The molecule has 0 saturated carbocycles. The number of hydrogen-bond donors (Lipinski definition) is 1. The topological polar surface area (TPSA) is 51.2 Å². The Morgan fingerprint density at radius 2 is 2.50 bits per heavy atom. The van der Waals surface area contributed by atoms with Gasteiger partial charge in [0.25, 0.3) is 0 Å². The summed E-state index contributed by atoms with van der Waals surface area (Å²) in [5, 5.41) is 2.49. The number of halogens is 1. The third-order valence-corrected chi connectivity index (χ3v) is 1.64. The molecule has 5 heteroatoms. The van der Waals surface area contributed by atoms with Gasteiger partial charge < -0.3 is 3.83 Å². The number of amides is 1. The minimum atomic E-state index is -0.564. The molecular formula is C7H7BrN2O2. The van der Waals surface area contributed by atoms with E-state index in [1.165, 1.54) is 0 Å². The molecule has 0 saturated heterocycles. The molecule has 0 aliphatic rings. The molecular weight excluding hydrogens is 224 g/mol. The molecule has 1 heterocycles. The fourth-order valence-electron chi connectivity index (χ4n) is 0.724. The van der Waals surface area contributed by atoms with Crippen molar-refractivity contribution in [2.75, 3.05) is 5.32 Å². The number of aromatic nitrogens is 1. The van der Waals surface area contributed by atoms with Crippen LogP contribution in [-0.2, 0) is 3.83 Å². The number of anilines is 1. The lowest BCUT2D eigenvalue weighted by atomic mass is 10.2. The minimum absolute atomic E-state index is 0.564. The molecule has 1 aromatic rings. The summed E-state index contributed by atoms with van der Waals surface area (Å²) in [4.78, 5) is 14.6. The molecule has 1 rings (SSSR count). The molecule has 0 aliphatic heterocycles. The molecule has 0 bridgehead atoms. The van der Waals surface area contributed by atoms with Gasteiger partial charge in [0, 0.05) is 6.20 Å². The summed E-state index contributed by atoms with van der Waals surface area (Å²) in [7, 11) is 0. The van der Waals surface area contributed by atoms with E-state index in [1.54, 1.807) is 18.5 Å². The van der Waals surface area contributed by atoms with Gasteiger partial charge in [0.15, 0.2) is 16.3 Å². The average molecular weight is 231 g/mol. The van der Waals surface area contributed by atoms with Crippen molar-refractivity contribution in [3.05, 3.63) is 24.0 Å². The SMILES string of the molecule is Cc1ccncc1NC(=O)OBr. The summed E-state index contributed by atoms with van der Waals surface area (Å²) in [6, 6.07) is 1.80. The first-order valence-electron chi connectivity index (χ1n) is 3.24. The van der Waals surface area contributed by atoms with E-state index in [9.17, 15) is 4.79 Å². The van der Waals surface area contributed by atoms with E-state index in [0.717, 1.165) is 5.56 Å². The second-order valence-corrected chi connectivity index (χ2v) is 2.50. The molecule has 0 atom stereocenters. The molecule has 1 amide bonds. The molecule has 0 aromatic carbocycles. The smallest absolute Gasteiger partial charge is 0.367 e. The highest BCUT2D eigenvalue weighted by Gasteiger charge is 2.02. The Labute approximate surface area is 78.4 Å².